The summed E-state index contributed by atoms with van der Waals surface area (Å²) in [6, 6.07) is 13.2. The number of hydrogen-bond donors (Lipinski definition) is 0. The molecule has 0 aliphatic carbocycles. The summed E-state index contributed by atoms with van der Waals surface area (Å²) in [5.41, 5.74) is 2.04. The first-order valence-corrected chi connectivity index (χ1v) is 8.95. The average molecular weight is 385 g/mol. The van der Waals surface area contributed by atoms with Crippen molar-refractivity contribution in [3.63, 3.8) is 0 Å². The maximum absolute atomic E-state index is 12.8. The van der Waals surface area contributed by atoms with Crippen LogP contribution < -0.4 is 4.90 Å². The lowest BCUT2D eigenvalue weighted by molar-refractivity contribution is -0.140. The van der Waals surface area contributed by atoms with Crippen LogP contribution >= 0.6 is 0 Å². The Kier molecular flexibility index (Phi) is 4.69. The van der Waals surface area contributed by atoms with Crippen molar-refractivity contribution >= 4 is 11.3 Å². The topological polar surface area (TPSA) is 47.6 Å². The predicted octanol–water partition coefficient (Wildman–Crippen LogP) is 3.55. The first-order chi connectivity index (χ1) is 13.4. The number of halogens is 3. The Bertz CT molecular complexity index is 1030. The van der Waals surface area contributed by atoms with Crippen LogP contribution in [0.2, 0.25) is 0 Å². The van der Waals surface area contributed by atoms with E-state index in [-0.39, 0.29) is 5.65 Å². The fourth-order valence-electron chi connectivity index (χ4n) is 3.47. The first kappa shape index (κ1) is 18.3. The van der Waals surface area contributed by atoms with Gasteiger partial charge in [0, 0.05) is 45.1 Å². The minimum atomic E-state index is -4.44. The van der Waals surface area contributed by atoms with E-state index >= 15 is 0 Å². The number of imidazole rings is 1. The Hall–Kier alpha value is -3.05. The molecule has 28 heavy (non-hydrogen) atoms. The van der Waals surface area contributed by atoms with Gasteiger partial charge in [0.05, 0.1) is 17.3 Å². The summed E-state index contributed by atoms with van der Waals surface area (Å²) in [6.45, 7) is 4.02. The monoisotopic (exact) mass is 385 g/mol. The highest BCUT2D eigenvalue weighted by atomic mass is 19.4. The molecule has 0 atom stereocenters. The van der Waals surface area contributed by atoms with E-state index in [0.717, 1.165) is 50.2 Å². The molecule has 8 heteroatoms. The van der Waals surface area contributed by atoms with Crippen LogP contribution in [-0.4, -0.2) is 40.5 Å². The SMILES string of the molecule is N#Cc1cccc(CN2CCN(c3ccc4nc(C(F)(F)F)cn4c3)CC2)c1. The van der Waals surface area contributed by atoms with Crippen molar-refractivity contribution in [2.45, 2.75) is 12.7 Å². The van der Waals surface area contributed by atoms with Crippen LogP contribution in [0.3, 0.4) is 0 Å². The summed E-state index contributed by atoms with van der Waals surface area (Å²) in [7, 11) is 0. The van der Waals surface area contributed by atoms with Gasteiger partial charge in [-0.3, -0.25) is 4.90 Å². The molecule has 1 aliphatic rings. The van der Waals surface area contributed by atoms with Crippen molar-refractivity contribution in [1.29, 1.82) is 5.26 Å². The number of nitriles is 1. The molecule has 144 valence electrons. The van der Waals surface area contributed by atoms with Crippen molar-refractivity contribution in [2.24, 2.45) is 0 Å². The Balaban J connectivity index is 1.42. The summed E-state index contributed by atoms with van der Waals surface area (Å²) in [6.07, 6.45) is -1.72. The highest BCUT2D eigenvalue weighted by Crippen LogP contribution is 2.29. The fraction of sp³-hybridized carbons (Fsp3) is 0.300. The molecule has 0 amide bonds. The molecule has 1 aliphatic heterocycles. The molecule has 1 saturated heterocycles. The molecule has 0 spiro atoms. The van der Waals surface area contributed by atoms with Gasteiger partial charge < -0.3 is 9.30 Å². The van der Waals surface area contributed by atoms with Crippen molar-refractivity contribution in [3.05, 3.63) is 65.6 Å². The van der Waals surface area contributed by atoms with E-state index in [0.29, 0.717) is 5.56 Å². The number of pyridine rings is 1. The molecule has 3 aromatic rings. The Morgan fingerprint density at radius 1 is 1.04 bits per heavy atom. The van der Waals surface area contributed by atoms with Crippen molar-refractivity contribution < 1.29 is 13.2 Å². The van der Waals surface area contributed by atoms with Gasteiger partial charge in [-0.25, -0.2) is 4.98 Å². The van der Waals surface area contributed by atoms with Gasteiger partial charge in [0.1, 0.15) is 5.65 Å². The predicted molar refractivity (Wildman–Crippen MR) is 98.8 cm³/mol. The number of alkyl halides is 3. The van der Waals surface area contributed by atoms with Crippen LogP contribution in [-0.2, 0) is 12.7 Å². The number of piperazine rings is 1. The summed E-state index contributed by atoms with van der Waals surface area (Å²) in [5, 5.41) is 9.01. The quantitative estimate of drug-likeness (QED) is 0.692. The second-order valence-electron chi connectivity index (χ2n) is 6.85. The molecule has 0 saturated carbocycles. The second kappa shape index (κ2) is 7.17. The molecule has 5 nitrogen and oxygen atoms in total. The largest absolute Gasteiger partial charge is 0.434 e. The number of rotatable bonds is 3. The highest BCUT2D eigenvalue weighted by molar-refractivity contribution is 5.53. The molecule has 0 bridgehead atoms. The lowest BCUT2D eigenvalue weighted by Gasteiger charge is -2.36. The zero-order valence-electron chi connectivity index (χ0n) is 15.0. The number of fused-ring (bicyclic) bond motifs is 1. The molecule has 1 fully saturated rings. The van der Waals surface area contributed by atoms with Gasteiger partial charge in [0.25, 0.3) is 0 Å². The number of anilines is 1. The maximum atomic E-state index is 12.8. The molecule has 0 unspecified atom stereocenters. The molecule has 3 heterocycles. The van der Waals surface area contributed by atoms with Crippen LogP contribution in [0.15, 0.2) is 48.8 Å². The summed E-state index contributed by atoms with van der Waals surface area (Å²) in [5.74, 6) is 0. The van der Waals surface area contributed by atoms with Gasteiger partial charge in [0.2, 0.25) is 0 Å². The van der Waals surface area contributed by atoms with Crippen molar-refractivity contribution in [3.8, 4) is 6.07 Å². The van der Waals surface area contributed by atoms with Crippen molar-refractivity contribution in [1.82, 2.24) is 14.3 Å². The third-order valence-electron chi connectivity index (χ3n) is 4.93. The second-order valence-corrected chi connectivity index (χ2v) is 6.85. The lowest BCUT2D eigenvalue weighted by atomic mass is 10.1. The summed E-state index contributed by atoms with van der Waals surface area (Å²) in [4.78, 5) is 8.10. The van der Waals surface area contributed by atoms with Gasteiger partial charge in [-0.1, -0.05) is 12.1 Å². The lowest BCUT2D eigenvalue weighted by Crippen LogP contribution is -2.46. The smallest absolute Gasteiger partial charge is 0.368 e. The third kappa shape index (κ3) is 3.80. The molecule has 1 aromatic carbocycles. The van der Waals surface area contributed by atoms with E-state index in [1.807, 2.05) is 24.3 Å². The van der Waals surface area contributed by atoms with Crippen LogP contribution in [0, 0.1) is 11.3 Å². The Labute approximate surface area is 160 Å². The number of aromatic nitrogens is 2. The standard InChI is InChI=1S/C20H18F3N5/c21-20(22,23)18-14-28-13-17(4-5-19(28)25-18)27-8-6-26(7-9-27)12-16-3-1-2-15(10-16)11-24/h1-5,10,13-14H,6-9,12H2. The minimum absolute atomic E-state index is 0.284. The average Bonchev–Trinajstić information content (AvgIpc) is 3.13. The zero-order chi connectivity index (χ0) is 19.7. The third-order valence-corrected chi connectivity index (χ3v) is 4.93. The van der Waals surface area contributed by atoms with Crippen LogP contribution in [0.25, 0.3) is 5.65 Å². The zero-order valence-corrected chi connectivity index (χ0v) is 15.0. The molecule has 4 rings (SSSR count). The summed E-state index contributed by atoms with van der Waals surface area (Å²) < 4.78 is 40.0. The van der Waals surface area contributed by atoms with Gasteiger partial charge in [-0.15, -0.1) is 0 Å². The minimum Gasteiger partial charge on any atom is -0.368 e. The van der Waals surface area contributed by atoms with E-state index in [1.165, 1.54) is 4.40 Å². The van der Waals surface area contributed by atoms with E-state index in [2.05, 4.69) is 20.9 Å². The van der Waals surface area contributed by atoms with Gasteiger partial charge in [-0.2, -0.15) is 18.4 Å². The van der Waals surface area contributed by atoms with Crippen LogP contribution in [0.1, 0.15) is 16.8 Å². The van der Waals surface area contributed by atoms with Gasteiger partial charge in [0.15, 0.2) is 5.69 Å². The van der Waals surface area contributed by atoms with Gasteiger partial charge >= 0.3 is 6.18 Å². The maximum Gasteiger partial charge on any atom is 0.434 e. The molecular weight excluding hydrogens is 367 g/mol. The number of nitrogens with zero attached hydrogens (tertiary/aromatic N) is 5. The number of benzene rings is 1. The molecule has 0 radical (unpaired) electrons. The van der Waals surface area contributed by atoms with E-state index < -0.39 is 11.9 Å². The van der Waals surface area contributed by atoms with Gasteiger partial charge in [-0.05, 0) is 29.8 Å². The van der Waals surface area contributed by atoms with E-state index in [1.54, 1.807) is 18.3 Å². The normalized spacial score (nSPS) is 15.7. The van der Waals surface area contributed by atoms with Crippen molar-refractivity contribution in [2.75, 3.05) is 31.1 Å². The van der Waals surface area contributed by atoms with Crippen LogP contribution in [0.4, 0.5) is 18.9 Å². The molecule has 2 aromatic heterocycles. The van der Waals surface area contributed by atoms with E-state index in [9.17, 15) is 13.2 Å². The highest BCUT2D eigenvalue weighted by Gasteiger charge is 2.34. The molecule has 0 N–H and O–H groups in total. The Morgan fingerprint density at radius 3 is 2.54 bits per heavy atom. The molecular formula is C20H18F3N5. The summed E-state index contributed by atoms with van der Waals surface area (Å²) >= 11 is 0. The van der Waals surface area contributed by atoms with E-state index in [4.69, 9.17) is 5.26 Å². The number of hydrogen-bond acceptors (Lipinski definition) is 4. The Morgan fingerprint density at radius 2 is 1.82 bits per heavy atom. The fourth-order valence-corrected chi connectivity index (χ4v) is 3.47. The van der Waals surface area contributed by atoms with Crippen LogP contribution in [0.5, 0.6) is 0 Å². The first-order valence-electron chi connectivity index (χ1n) is 8.95.